The SMILES string of the molecule is CO[C@@H]1CN(C(=O)CCCl)C[C@H]1OC. The number of amides is 1. The first-order chi connectivity index (χ1) is 6.72. The molecular formula is C9H16ClNO3. The number of halogens is 1. The molecule has 1 aliphatic rings. The van der Waals surface area contributed by atoms with Crippen molar-refractivity contribution in [3.05, 3.63) is 0 Å². The average molecular weight is 222 g/mol. The van der Waals surface area contributed by atoms with Gasteiger partial charge in [-0.25, -0.2) is 0 Å². The summed E-state index contributed by atoms with van der Waals surface area (Å²) in [6.45, 7) is 1.20. The molecule has 1 rings (SSSR count). The maximum Gasteiger partial charge on any atom is 0.223 e. The van der Waals surface area contributed by atoms with Gasteiger partial charge in [-0.2, -0.15) is 0 Å². The second-order valence-electron chi connectivity index (χ2n) is 3.29. The van der Waals surface area contributed by atoms with Crippen molar-refractivity contribution in [1.29, 1.82) is 0 Å². The van der Waals surface area contributed by atoms with Crippen molar-refractivity contribution >= 4 is 17.5 Å². The highest BCUT2D eigenvalue weighted by molar-refractivity contribution is 6.18. The summed E-state index contributed by atoms with van der Waals surface area (Å²) in [5, 5.41) is 0. The molecule has 0 saturated carbocycles. The first-order valence-electron chi connectivity index (χ1n) is 4.62. The van der Waals surface area contributed by atoms with Gasteiger partial charge < -0.3 is 14.4 Å². The lowest BCUT2D eigenvalue weighted by Gasteiger charge is -2.14. The first kappa shape index (κ1) is 11.8. The van der Waals surface area contributed by atoms with Crippen LogP contribution in [0.1, 0.15) is 6.42 Å². The van der Waals surface area contributed by atoms with Crippen LogP contribution >= 0.6 is 11.6 Å². The lowest BCUT2D eigenvalue weighted by atomic mass is 10.3. The van der Waals surface area contributed by atoms with Gasteiger partial charge in [0.2, 0.25) is 5.91 Å². The smallest absolute Gasteiger partial charge is 0.223 e. The topological polar surface area (TPSA) is 38.8 Å². The predicted molar refractivity (Wildman–Crippen MR) is 53.5 cm³/mol. The Kier molecular flexibility index (Phi) is 4.65. The lowest BCUT2D eigenvalue weighted by molar-refractivity contribution is -0.130. The molecule has 1 heterocycles. The summed E-state index contributed by atoms with van der Waals surface area (Å²) in [6.07, 6.45) is 0.354. The third-order valence-corrected chi connectivity index (χ3v) is 2.67. The molecule has 0 spiro atoms. The maximum absolute atomic E-state index is 11.5. The van der Waals surface area contributed by atoms with E-state index >= 15 is 0 Å². The highest BCUT2D eigenvalue weighted by Crippen LogP contribution is 2.16. The molecule has 1 amide bonds. The van der Waals surface area contributed by atoms with Gasteiger partial charge in [0.05, 0.1) is 0 Å². The fraction of sp³-hybridized carbons (Fsp3) is 0.889. The van der Waals surface area contributed by atoms with Crippen LogP contribution in [0.4, 0.5) is 0 Å². The van der Waals surface area contributed by atoms with E-state index in [0.717, 1.165) is 0 Å². The van der Waals surface area contributed by atoms with E-state index in [1.165, 1.54) is 0 Å². The summed E-state index contributed by atoms with van der Waals surface area (Å²) in [5.74, 6) is 0.437. The molecule has 4 nitrogen and oxygen atoms in total. The van der Waals surface area contributed by atoms with Crippen LogP contribution in [0.3, 0.4) is 0 Å². The average Bonchev–Trinajstić information content (AvgIpc) is 2.61. The fourth-order valence-electron chi connectivity index (χ4n) is 1.64. The molecule has 0 radical (unpaired) electrons. The zero-order valence-electron chi connectivity index (χ0n) is 8.53. The number of alkyl halides is 1. The molecule has 0 aromatic heterocycles. The van der Waals surface area contributed by atoms with Crippen LogP contribution in [0, 0.1) is 0 Å². The largest absolute Gasteiger partial charge is 0.377 e. The van der Waals surface area contributed by atoms with E-state index in [1.54, 1.807) is 19.1 Å². The Bertz CT molecular complexity index is 188. The molecule has 82 valence electrons. The Balaban J connectivity index is 2.48. The Morgan fingerprint density at radius 2 is 1.86 bits per heavy atom. The molecule has 5 heteroatoms. The highest BCUT2D eigenvalue weighted by atomic mass is 35.5. The summed E-state index contributed by atoms with van der Waals surface area (Å²) in [4.78, 5) is 13.2. The molecule has 1 saturated heterocycles. The third-order valence-electron chi connectivity index (χ3n) is 2.48. The van der Waals surface area contributed by atoms with Crippen molar-refractivity contribution in [3.8, 4) is 0 Å². The summed E-state index contributed by atoms with van der Waals surface area (Å²) < 4.78 is 10.4. The molecule has 1 fully saturated rings. The van der Waals surface area contributed by atoms with Gasteiger partial charge in [0.25, 0.3) is 0 Å². The number of rotatable bonds is 4. The highest BCUT2D eigenvalue weighted by Gasteiger charge is 2.34. The van der Waals surface area contributed by atoms with Crippen LogP contribution < -0.4 is 0 Å². The van der Waals surface area contributed by atoms with Crippen molar-refractivity contribution in [2.45, 2.75) is 18.6 Å². The van der Waals surface area contributed by atoms with Gasteiger partial charge in [0.15, 0.2) is 0 Å². The van der Waals surface area contributed by atoms with Crippen molar-refractivity contribution in [3.63, 3.8) is 0 Å². The zero-order chi connectivity index (χ0) is 10.6. The minimum Gasteiger partial charge on any atom is -0.377 e. The molecular weight excluding hydrogens is 206 g/mol. The summed E-state index contributed by atoms with van der Waals surface area (Å²) in [7, 11) is 3.26. The molecule has 0 unspecified atom stereocenters. The number of carbonyl (C=O) groups excluding carboxylic acids is 1. The minimum atomic E-state index is -0.0146. The van der Waals surface area contributed by atoms with Gasteiger partial charge in [0, 0.05) is 39.6 Å². The molecule has 2 atom stereocenters. The quantitative estimate of drug-likeness (QED) is 0.649. The normalized spacial score (nSPS) is 26.9. The molecule has 1 aliphatic heterocycles. The summed E-state index contributed by atoms with van der Waals surface area (Å²) >= 11 is 5.51. The molecule has 0 bridgehead atoms. The van der Waals surface area contributed by atoms with E-state index in [2.05, 4.69) is 0 Å². The number of hydrogen-bond donors (Lipinski definition) is 0. The van der Waals surface area contributed by atoms with E-state index in [-0.39, 0.29) is 18.1 Å². The van der Waals surface area contributed by atoms with Crippen LogP contribution in [-0.2, 0) is 14.3 Å². The monoisotopic (exact) mass is 221 g/mol. The van der Waals surface area contributed by atoms with Gasteiger partial charge in [-0.1, -0.05) is 0 Å². The maximum atomic E-state index is 11.5. The van der Waals surface area contributed by atoms with Crippen LogP contribution in [0.15, 0.2) is 0 Å². The second kappa shape index (κ2) is 5.53. The standard InChI is InChI=1S/C9H16ClNO3/c1-13-7-5-11(6-8(7)14-2)9(12)3-4-10/h7-8H,3-6H2,1-2H3/t7-,8-/m1/s1. The van der Waals surface area contributed by atoms with Crippen molar-refractivity contribution < 1.29 is 14.3 Å². The fourth-order valence-corrected chi connectivity index (χ4v) is 1.80. The van der Waals surface area contributed by atoms with Crippen molar-refractivity contribution in [1.82, 2.24) is 4.90 Å². The van der Waals surface area contributed by atoms with E-state index in [1.807, 2.05) is 0 Å². The minimum absolute atomic E-state index is 0.0146. The Hall–Kier alpha value is -0.320. The van der Waals surface area contributed by atoms with E-state index in [0.29, 0.717) is 25.4 Å². The van der Waals surface area contributed by atoms with Gasteiger partial charge >= 0.3 is 0 Å². The Morgan fingerprint density at radius 1 is 1.36 bits per heavy atom. The number of likely N-dealkylation sites (tertiary alicyclic amines) is 1. The van der Waals surface area contributed by atoms with Crippen LogP contribution in [0.25, 0.3) is 0 Å². The third kappa shape index (κ3) is 2.59. The lowest BCUT2D eigenvalue weighted by Crippen LogP contribution is -2.30. The van der Waals surface area contributed by atoms with Crippen molar-refractivity contribution in [2.75, 3.05) is 33.2 Å². The van der Waals surface area contributed by atoms with E-state index in [4.69, 9.17) is 21.1 Å². The Labute approximate surface area is 89.1 Å². The van der Waals surface area contributed by atoms with E-state index < -0.39 is 0 Å². The number of carbonyl (C=O) groups is 1. The number of ether oxygens (including phenoxy) is 2. The van der Waals surface area contributed by atoms with Gasteiger partial charge in [-0.3, -0.25) is 4.79 Å². The Morgan fingerprint density at radius 3 is 2.21 bits per heavy atom. The van der Waals surface area contributed by atoms with Gasteiger partial charge in [0.1, 0.15) is 12.2 Å². The van der Waals surface area contributed by atoms with E-state index in [9.17, 15) is 4.79 Å². The molecule has 0 N–H and O–H groups in total. The van der Waals surface area contributed by atoms with Gasteiger partial charge in [-0.05, 0) is 0 Å². The number of nitrogens with zero attached hydrogens (tertiary/aromatic N) is 1. The first-order valence-corrected chi connectivity index (χ1v) is 5.15. The molecule has 0 aromatic carbocycles. The number of methoxy groups -OCH3 is 2. The summed E-state index contributed by atoms with van der Waals surface area (Å²) in [5.41, 5.74) is 0. The van der Waals surface area contributed by atoms with Gasteiger partial charge in [-0.15, -0.1) is 11.6 Å². The molecule has 0 aliphatic carbocycles. The van der Waals surface area contributed by atoms with Crippen LogP contribution in [0.2, 0.25) is 0 Å². The second-order valence-corrected chi connectivity index (χ2v) is 3.66. The predicted octanol–water partition coefficient (Wildman–Crippen LogP) is 0.487. The van der Waals surface area contributed by atoms with Crippen LogP contribution in [-0.4, -0.2) is 56.2 Å². The summed E-state index contributed by atoms with van der Waals surface area (Å²) in [6, 6.07) is 0. The molecule has 0 aromatic rings. The number of hydrogen-bond acceptors (Lipinski definition) is 3. The van der Waals surface area contributed by atoms with Crippen molar-refractivity contribution in [2.24, 2.45) is 0 Å². The molecule has 14 heavy (non-hydrogen) atoms. The van der Waals surface area contributed by atoms with Crippen LogP contribution in [0.5, 0.6) is 0 Å². The zero-order valence-corrected chi connectivity index (χ0v) is 9.29.